The zero-order chi connectivity index (χ0) is 16.2. The lowest BCUT2D eigenvalue weighted by molar-refractivity contribution is 0.829. The van der Waals surface area contributed by atoms with E-state index in [2.05, 4.69) is 17.5 Å². The van der Waals surface area contributed by atoms with Gasteiger partial charge in [0.1, 0.15) is 0 Å². The highest BCUT2D eigenvalue weighted by atomic mass is 14.9. The summed E-state index contributed by atoms with van der Waals surface area (Å²) in [5, 5.41) is 22.5. The Morgan fingerprint density at radius 3 is 1.48 bits per heavy atom. The van der Waals surface area contributed by atoms with Gasteiger partial charge in [-0.3, -0.25) is 0 Å². The van der Waals surface area contributed by atoms with Crippen molar-refractivity contribution in [2.75, 3.05) is 0 Å². The van der Waals surface area contributed by atoms with Gasteiger partial charge in [0, 0.05) is 5.92 Å². The number of allylic oxidation sites excluding steroid dienone is 2. The first-order chi connectivity index (χ1) is 11.3. The number of nitrogens with zero attached hydrogens (tertiary/aromatic N) is 2. The van der Waals surface area contributed by atoms with Gasteiger partial charge in [-0.1, -0.05) is 67.6 Å². The van der Waals surface area contributed by atoms with Gasteiger partial charge in [0.15, 0.2) is 0 Å². The normalized spacial score (nSPS) is 14.9. The number of hydrogen-bond donors (Lipinski definition) is 1. The molecule has 0 amide bonds. The third kappa shape index (κ3) is 2.61. The maximum atomic E-state index is 9.58. The third-order valence-electron chi connectivity index (χ3n) is 4.02. The topological polar surface area (TPSA) is 59.6 Å². The van der Waals surface area contributed by atoms with Crippen LogP contribution in [0.25, 0.3) is 11.4 Å². The van der Waals surface area contributed by atoms with E-state index in [0.717, 1.165) is 22.5 Å². The first-order valence-electron chi connectivity index (χ1n) is 7.42. The Morgan fingerprint density at radius 1 is 0.739 bits per heavy atom. The van der Waals surface area contributed by atoms with Crippen LogP contribution in [0.15, 0.2) is 71.8 Å². The summed E-state index contributed by atoms with van der Waals surface area (Å²) in [4.78, 5) is 0. The summed E-state index contributed by atoms with van der Waals surface area (Å²) in [5.74, 6) is -0.239. The van der Waals surface area contributed by atoms with Gasteiger partial charge < -0.3 is 5.32 Å². The zero-order valence-electron chi connectivity index (χ0n) is 12.7. The van der Waals surface area contributed by atoms with E-state index in [9.17, 15) is 10.5 Å². The fourth-order valence-corrected chi connectivity index (χ4v) is 2.81. The van der Waals surface area contributed by atoms with Gasteiger partial charge in [0.05, 0.1) is 34.7 Å². The highest BCUT2D eigenvalue weighted by Crippen LogP contribution is 2.36. The van der Waals surface area contributed by atoms with Gasteiger partial charge >= 0.3 is 0 Å². The summed E-state index contributed by atoms with van der Waals surface area (Å²) in [7, 11) is 0. The molecule has 0 radical (unpaired) electrons. The van der Waals surface area contributed by atoms with Crippen molar-refractivity contribution in [2.24, 2.45) is 5.92 Å². The lowest BCUT2D eigenvalue weighted by Gasteiger charge is -2.27. The van der Waals surface area contributed by atoms with Gasteiger partial charge in [-0.15, -0.1) is 0 Å². The molecule has 0 atom stereocenters. The van der Waals surface area contributed by atoms with Crippen LogP contribution in [-0.2, 0) is 0 Å². The van der Waals surface area contributed by atoms with E-state index in [4.69, 9.17) is 0 Å². The van der Waals surface area contributed by atoms with E-state index in [-0.39, 0.29) is 5.92 Å². The minimum atomic E-state index is -0.239. The van der Waals surface area contributed by atoms with Crippen molar-refractivity contribution in [3.63, 3.8) is 0 Å². The molecule has 2 aromatic carbocycles. The van der Waals surface area contributed by atoms with E-state index in [1.807, 2.05) is 67.6 Å². The van der Waals surface area contributed by atoms with Crippen LogP contribution in [0.3, 0.4) is 0 Å². The van der Waals surface area contributed by atoms with E-state index >= 15 is 0 Å². The van der Waals surface area contributed by atoms with Crippen molar-refractivity contribution >= 4 is 11.4 Å². The standard InChI is InChI=1S/C20H15N3/c1-14-17(12-21)19(15-8-4-2-5-9-15)23-20(18(14)13-22)16-10-6-3-7-11-16/h2-11,14,23H,1H3. The molecule has 0 saturated heterocycles. The Kier molecular flexibility index (Phi) is 3.95. The monoisotopic (exact) mass is 297 g/mol. The molecule has 3 heteroatoms. The smallest absolute Gasteiger partial charge is 0.0975 e. The summed E-state index contributed by atoms with van der Waals surface area (Å²) in [5.41, 5.74) is 4.62. The summed E-state index contributed by atoms with van der Waals surface area (Å²) in [6.45, 7) is 1.91. The van der Waals surface area contributed by atoms with Crippen molar-refractivity contribution in [3.8, 4) is 12.1 Å². The summed E-state index contributed by atoms with van der Waals surface area (Å²) in [6, 6.07) is 24.0. The molecule has 0 saturated carbocycles. The molecule has 0 aliphatic carbocycles. The quantitative estimate of drug-likeness (QED) is 0.908. The van der Waals surface area contributed by atoms with Crippen LogP contribution in [0.4, 0.5) is 0 Å². The molecule has 1 N–H and O–H groups in total. The second-order valence-corrected chi connectivity index (χ2v) is 5.38. The number of dihydropyridines is 1. The van der Waals surface area contributed by atoms with Crippen molar-refractivity contribution < 1.29 is 0 Å². The molecule has 3 rings (SSSR count). The van der Waals surface area contributed by atoms with Crippen molar-refractivity contribution in [3.05, 3.63) is 82.9 Å². The van der Waals surface area contributed by atoms with Gasteiger partial charge in [-0.25, -0.2) is 0 Å². The zero-order valence-corrected chi connectivity index (χ0v) is 12.7. The van der Waals surface area contributed by atoms with Crippen LogP contribution in [0.2, 0.25) is 0 Å². The predicted molar refractivity (Wildman–Crippen MR) is 90.2 cm³/mol. The van der Waals surface area contributed by atoms with Crippen LogP contribution in [0.5, 0.6) is 0 Å². The van der Waals surface area contributed by atoms with Crippen LogP contribution in [0.1, 0.15) is 18.1 Å². The maximum absolute atomic E-state index is 9.58. The lowest BCUT2D eigenvalue weighted by Crippen LogP contribution is -2.24. The Morgan fingerprint density at radius 2 is 1.13 bits per heavy atom. The van der Waals surface area contributed by atoms with Gasteiger partial charge in [-0.05, 0) is 11.1 Å². The van der Waals surface area contributed by atoms with Gasteiger partial charge in [0.2, 0.25) is 0 Å². The fourth-order valence-electron chi connectivity index (χ4n) is 2.81. The summed E-state index contributed by atoms with van der Waals surface area (Å²) < 4.78 is 0. The molecule has 1 aliphatic heterocycles. The average molecular weight is 297 g/mol. The molecule has 1 aliphatic rings. The Labute approximate surface area is 135 Å². The lowest BCUT2D eigenvalue weighted by atomic mass is 9.85. The molecule has 23 heavy (non-hydrogen) atoms. The fraction of sp³-hybridized carbons (Fsp3) is 0.100. The van der Waals surface area contributed by atoms with Gasteiger partial charge in [-0.2, -0.15) is 10.5 Å². The minimum Gasteiger partial charge on any atom is -0.353 e. The van der Waals surface area contributed by atoms with E-state index in [0.29, 0.717) is 11.1 Å². The molecule has 1 heterocycles. The highest BCUT2D eigenvalue weighted by Gasteiger charge is 2.28. The molecule has 0 fully saturated rings. The number of nitriles is 2. The Bertz CT molecular complexity index is 789. The SMILES string of the molecule is CC1C(C#N)=C(c2ccccc2)NC(c2ccccc2)=C1C#N. The first kappa shape index (κ1) is 14.6. The molecule has 0 bridgehead atoms. The molecule has 0 spiro atoms. The van der Waals surface area contributed by atoms with E-state index < -0.39 is 0 Å². The number of benzene rings is 2. The number of rotatable bonds is 2. The van der Waals surface area contributed by atoms with Crippen LogP contribution < -0.4 is 5.32 Å². The minimum absolute atomic E-state index is 0.239. The average Bonchev–Trinajstić information content (AvgIpc) is 2.62. The number of hydrogen-bond acceptors (Lipinski definition) is 3. The van der Waals surface area contributed by atoms with Crippen LogP contribution in [-0.4, -0.2) is 0 Å². The van der Waals surface area contributed by atoms with Crippen LogP contribution in [0, 0.1) is 28.6 Å². The van der Waals surface area contributed by atoms with Gasteiger partial charge in [0.25, 0.3) is 0 Å². The molecule has 3 nitrogen and oxygen atoms in total. The highest BCUT2D eigenvalue weighted by molar-refractivity contribution is 5.86. The van der Waals surface area contributed by atoms with Crippen molar-refractivity contribution in [1.29, 1.82) is 10.5 Å². The van der Waals surface area contributed by atoms with E-state index in [1.54, 1.807) is 0 Å². The Balaban J connectivity index is 2.17. The maximum Gasteiger partial charge on any atom is 0.0975 e. The van der Waals surface area contributed by atoms with Crippen molar-refractivity contribution in [2.45, 2.75) is 6.92 Å². The second-order valence-electron chi connectivity index (χ2n) is 5.38. The molecule has 110 valence electrons. The molecule has 0 unspecified atom stereocenters. The molecule has 2 aromatic rings. The van der Waals surface area contributed by atoms with Crippen LogP contribution >= 0.6 is 0 Å². The molecular weight excluding hydrogens is 282 g/mol. The first-order valence-corrected chi connectivity index (χ1v) is 7.42. The molecular formula is C20H15N3. The van der Waals surface area contributed by atoms with E-state index in [1.165, 1.54) is 0 Å². The van der Waals surface area contributed by atoms with Crippen molar-refractivity contribution in [1.82, 2.24) is 5.32 Å². The number of nitrogens with one attached hydrogen (secondary N) is 1. The molecule has 0 aromatic heterocycles. The second kappa shape index (κ2) is 6.22. The summed E-state index contributed by atoms with van der Waals surface area (Å²) in [6.07, 6.45) is 0. The summed E-state index contributed by atoms with van der Waals surface area (Å²) >= 11 is 0. The predicted octanol–water partition coefficient (Wildman–Crippen LogP) is 4.10. The third-order valence-corrected chi connectivity index (χ3v) is 4.02. The largest absolute Gasteiger partial charge is 0.353 e. The Hall–Kier alpha value is -3.30.